The number of hydrogen-bond acceptors (Lipinski definition) is 8. The Morgan fingerprint density at radius 2 is 2.00 bits per heavy atom. The van der Waals surface area contributed by atoms with E-state index in [1.54, 1.807) is 24.4 Å². The number of nitrogens with two attached hydrogens (primary N) is 1. The quantitative estimate of drug-likeness (QED) is 0.398. The topological polar surface area (TPSA) is 111 Å². The van der Waals surface area contributed by atoms with Gasteiger partial charge in [-0.25, -0.2) is 18.9 Å². The highest BCUT2D eigenvalue weighted by molar-refractivity contribution is 5.88. The third-order valence-corrected chi connectivity index (χ3v) is 6.65. The molecule has 0 amide bonds. The second-order valence-electron chi connectivity index (χ2n) is 9.11. The zero-order valence-electron chi connectivity index (χ0n) is 19.0. The summed E-state index contributed by atoms with van der Waals surface area (Å²) in [6.07, 6.45) is -2.15. The van der Waals surface area contributed by atoms with Crippen LogP contribution in [0.1, 0.15) is 6.42 Å². The minimum absolute atomic E-state index is 0.107. The standard InChI is InChI=1S/C22H23F4N9O/c23-14-7-33(12-8-36-9-12)5-4-16(14)30-21-31-19(27)18-13(3-6-35(18)32-21)15-1-2-17-20(29-15)34(11-28-17)10-22(24,25)26/h1-3,6,11-12,14,16H,4-5,7-10H2,(H3,27,30,31,32)/t14-,16+/m1/s1. The Morgan fingerprint density at radius 1 is 1.17 bits per heavy atom. The van der Waals surface area contributed by atoms with Crippen molar-refractivity contribution < 1.29 is 22.3 Å². The third kappa shape index (κ3) is 4.19. The molecule has 6 heterocycles. The van der Waals surface area contributed by atoms with E-state index in [-0.39, 0.29) is 23.5 Å². The number of ether oxygens (including phenoxy) is 1. The van der Waals surface area contributed by atoms with Crippen LogP contribution in [0.5, 0.6) is 0 Å². The zero-order valence-corrected chi connectivity index (χ0v) is 19.0. The third-order valence-electron chi connectivity index (χ3n) is 6.65. The first-order chi connectivity index (χ1) is 17.2. The van der Waals surface area contributed by atoms with E-state index in [1.807, 2.05) is 0 Å². The number of imidazole rings is 1. The lowest BCUT2D eigenvalue weighted by molar-refractivity contribution is -0.140. The minimum Gasteiger partial charge on any atom is -0.382 e. The predicted octanol–water partition coefficient (Wildman–Crippen LogP) is 2.51. The van der Waals surface area contributed by atoms with Crippen molar-refractivity contribution >= 4 is 28.4 Å². The smallest absolute Gasteiger partial charge is 0.382 e. The van der Waals surface area contributed by atoms with Gasteiger partial charge in [-0.15, -0.1) is 5.10 Å². The molecule has 2 fully saturated rings. The van der Waals surface area contributed by atoms with E-state index in [0.717, 1.165) is 17.4 Å². The van der Waals surface area contributed by atoms with Gasteiger partial charge in [-0.2, -0.15) is 18.2 Å². The lowest BCUT2D eigenvalue weighted by Crippen LogP contribution is -2.57. The molecule has 0 saturated carbocycles. The first kappa shape index (κ1) is 22.9. The molecule has 0 aliphatic carbocycles. The molecule has 0 unspecified atom stereocenters. The molecule has 0 bridgehead atoms. The van der Waals surface area contributed by atoms with Crippen LogP contribution in [-0.4, -0.2) is 84.8 Å². The Hall–Kier alpha value is -3.52. The lowest BCUT2D eigenvalue weighted by Gasteiger charge is -2.42. The Kier molecular flexibility index (Phi) is 5.44. The van der Waals surface area contributed by atoms with E-state index in [1.165, 1.54) is 4.52 Å². The summed E-state index contributed by atoms with van der Waals surface area (Å²) in [7, 11) is 0. The van der Waals surface area contributed by atoms with E-state index < -0.39 is 24.9 Å². The number of anilines is 2. The van der Waals surface area contributed by atoms with Gasteiger partial charge in [0.05, 0.1) is 37.3 Å². The molecular formula is C22H23F4N9O. The molecule has 2 atom stereocenters. The number of alkyl halides is 4. The molecule has 10 nitrogen and oxygen atoms in total. The Bertz CT molecular complexity index is 1410. The van der Waals surface area contributed by atoms with E-state index >= 15 is 0 Å². The first-order valence-electron chi connectivity index (χ1n) is 11.5. The van der Waals surface area contributed by atoms with Crippen LogP contribution in [0.3, 0.4) is 0 Å². The summed E-state index contributed by atoms with van der Waals surface area (Å²) in [6, 6.07) is 4.80. The number of halogens is 4. The number of likely N-dealkylation sites (tertiary alicyclic amines) is 1. The van der Waals surface area contributed by atoms with Crippen molar-refractivity contribution in [2.75, 3.05) is 37.4 Å². The zero-order chi connectivity index (χ0) is 25.0. The maximum Gasteiger partial charge on any atom is 0.406 e. The fourth-order valence-corrected chi connectivity index (χ4v) is 4.74. The van der Waals surface area contributed by atoms with Crippen LogP contribution >= 0.6 is 0 Å². The molecule has 0 aromatic carbocycles. The summed E-state index contributed by atoms with van der Waals surface area (Å²) < 4.78 is 61.3. The number of rotatable bonds is 5. The molecule has 0 radical (unpaired) electrons. The van der Waals surface area contributed by atoms with Crippen LogP contribution in [0.2, 0.25) is 0 Å². The summed E-state index contributed by atoms with van der Waals surface area (Å²) >= 11 is 0. The summed E-state index contributed by atoms with van der Waals surface area (Å²) in [5.74, 6) is 0.333. The molecule has 2 saturated heterocycles. The fraction of sp³-hybridized carbons (Fsp3) is 0.455. The van der Waals surface area contributed by atoms with Crippen LogP contribution < -0.4 is 11.1 Å². The highest BCUT2D eigenvalue weighted by Crippen LogP contribution is 2.30. The fourth-order valence-electron chi connectivity index (χ4n) is 4.74. The van der Waals surface area contributed by atoms with Gasteiger partial charge in [0.1, 0.15) is 23.7 Å². The van der Waals surface area contributed by atoms with Gasteiger partial charge in [0, 0.05) is 24.8 Å². The number of hydrogen-bond donors (Lipinski definition) is 2. The van der Waals surface area contributed by atoms with Crippen molar-refractivity contribution in [3.05, 3.63) is 30.7 Å². The summed E-state index contributed by atoms with van der Waals surface area (Å²) in [5, 5.41) is 7.50. The van der Waals surface area contributed by atoms with E-state index in [9.17, 15) is 17.6 Å². The number of nitrogens with one attached hydrogen (secondary N) is 1. The highest BCUT2D eigenvalue weighted by Gasteiger charge is 2.35. The monoisotopic (exact) mass is 505 g/mol. The molecule has 0 spiro atoms. The van der Waals surface area contributed by atoms with Crippen molar-refractivity contribution in [1.82, 2.24) is 34.0 Å². The Labute approximate surface area is 202 Å². The summed E-state index contributed by atoms with van der Waals surface area (Å²) in [5.41, 5.74) is 8.11. The van der Waals surface area contributed by atoms with E-state index in [0.29, 0.717) is 48.5 Å². The van der Waals surface area contributed by atoms with Crippen molar-refractivity contribution in [1.29, 1.82) is 0 Å². The second-order valence-corrected chi connectivity index (χ2v) is 9.11. The number of nitrogens with zero attached hydrogens (tertiary/aromatic N) is 7. The molecule has 14 heteroatoms. The molecule has 36 heavy (non-hydrogen) atoms. The molecule has 190 valence electrons. The van der Waals surface area contributed by atoms with Gasteiger partial charge >= 0.3 is 6.18 Å². The summed E-state index contributed by atoms with van der Waals surface area (Å²) in [6.45, 7) is 1.15. The van der Waals surface area contributed by atoms with Gasteiger partial charge in [0.2, 0.25) is 5.95 Å². The van der Waals surface area contributed by atoms with Crippen molar-refractivity contribution in [3.63, 3.8) is 0 Å². The normalized spacial score (nSPS) is 21.8. The van der Waals surface area contributed by atoms with Crippen LogP contribution in [-0.2, 0) is 11.3 Å². The average Bonchev–Trinajstić information content (AvgIpc) is 3.38. The number of aromatic nitrogens is 6. The molecule has 2 aliphatic heterocycles. The van der Waals surface area contributed by atoms with E-state index in [2.05, 4.69) is 30.3 Å². The van der Waals surface area contributed by atoms with Crippen LogP contribution in [0, 0.1) is 0 Å². The average molecular weight is 505 g/mol. The van der Waals surface area contributed by atoms with Crippen molar-refractivity contribution in [2.45, 2.75) is 37.4 Å². The van der Waals surface area contributed by atoms with E-state index in [4.69, 9.17) is 10.5 Å². The minimum atomic E-state index is -4.41. The number of piperidine rings is 1. The summed E-state index contributed by atoms with van der Waals surface area (Å²) in [4.78, 5) is 14.8. The molecule has 4 aromatic rings. The maximum atomic E-state index is 14.9. The first-order valence-corrected chi connectivity index (χ1v) is 11.5. The van der Waals surface area contributed by atoms with Gasteiger partial charge < -0.3 is 20.4 Å². The maximum absolute atomic E-state index is 14.9. The van der Waals surface area contributed by atoms with Gasteiger partial charge in [-0.3, -0.25) is 4.90 Å². The molecule has 4 aromatic heterocycles. The Morgan fingerprint density at radius 3 is 2.72 bits per heavy atom. The van der Waals surface area contributed by atoms with Gasteiger partial charge in [-0.1, -0.05) is 0 Å². The number of pyridine rings is 1. The van der Waals surface area contributed by atoms with Crippen LogP contribution in [0.25, 0.3) is 27.9 Å². The predicted molar refractivity (Wildman–Crippen MR) is 123 cm³/mol. The second kappa shape index (κ2) is 8.55. The van der Waals surface area contributed by atoms with Gasteiger partial charge in [0.15, 0.2) is 11.5 Å². The van der Waals surface area contributed by atoms with Gasteiger partial charge in [0.25, 0.3) is 0 Å². The molecule has 3 N–H and O–H groups in total. The van der Waals surface area contributed by atoms with Crippen molar-refractivity contribution in [3.8, 4) is 11.3 Å². The molecule has 2 aliphatic rings. The van der Waals surface area contributed by atoms with Crippen molar-refractivity contribution in [2.24, 2.45) is 0 Å². The van der Waals surface area contributed by atoms with Crippen LogP contribution in [0.15, 0.2) is 30.7 Å². The number of fused-ring (bicyclic) bond motifs is 2. The molecule has 6 rings (SSSR count). The SMILES string of the molecule is Nc1nc(N[C@H]2CCN(C3COC3)C[C@H]2F)nn2ccc(-c3ccc4ncn(CC(F)(F)F)c4n3)c12. The van der Waals surface area contributed by atoms with Crippen LogP contribution in [0.4, 0.5) is 29.3 Å². The Balaban J connectivity index is 1.26. The highest BCUT2D eigenvalue weighted by atomic mass is 19.4. The van der Waals surface area contributed by atoms with Gasteiger partial charge in [-0.05, 0) is 24.6 Å². The lowest BCUT2D eigenvalue weighted by atomic mass is 10.0. The molecular weight excluding hydrogens is 482 g/mol. The largest absolute Gasteiger partial charge is 0.406 e. The number of nitrogen functional groups attached to an aromatic ring is 1.